The number of aromatic nitrogens is 1. The van der Waals surface area contributed by atoms with E-state index in [0.29, 0.717) is 6.54 Å². The average Bonchev–Trinajstić information content (AvgIpc) is 2.87. The van der Waals surface area contributed by atoms with E-state index in [4.69, 9.17) is 0 Å². The Balaban J connectivity index is 1.90. The third kappa shape index (κ3) is 6.48. The summed E-state index contributed by atoms with van der Waals surface area (Å²) in [7, 11) is 2.01. The lowest BCUT2D eigenvalue weighted by Crippen LogP contribution is -3.09. The summed E-state index contributed by atoms with van der Waals surface area (Å²) in [6, 6.07) is 6.31. The van der Waals surface area contributed by atoms with Gasteiger partial charge in [-0.3, -0.25) is 4.79 Å². The molecule has 2 aromatic rings. The van der Waals surface area contributed by atoms with Crippen molar-refractivity contribution in [1.82, 2.24) is 10.3 Å². The van der Waals surface area contributed by atoms with Crippen LogP contribution in [-0.4, -0.2) is 30.0 Å². The molecule has 1 amide bonds. The first-order valence-corrected chi connectivity index (χ1v) is 9.41. The van der Waals surface area contributed by atoms with Crippen molar-refractivity contribution >= 4 is 28.1 Å². The highest BCUT2D eigenvalue weighted by atomic mass is 32.1. The summed E-state index contributed by atoms with van der Waals surface area (Å²) in [6.07, 6.45) is 0. The summed E-state index contributed by atoms with van der Waals surface area (Å²) < 4.78 is 0. The van der Waals surface area contributed by atoms with E-state index in [1.165, 1.54) is 11.1 Å². The maximum Gasteiger partial charge on any atom is 0.275 e. The molecule has 0 aliphatic rings. The van der Waals surface area contributed by atoms with Crippen molar-refractivity contribution in [3.63, 3.8) is 0 Å². The lowest BCUT2D eigenvalue weighted by atomic mass is 10.1. The second kappa shape index (κ2) is 7.97. The molecule has 0 aliphatic carbocycles. The van der Waals surface area contributed by atoms with Gasteiger partial charge in [0.1, 0.15) is 12.2 Å². The second-order valence-corrected chi connectivity index (χ2v) is 8.53. The number of nitrogens with one attached hydrogen (secondary N) is 3. The first-order valence-electron chi connectivity index (χ1n) is 8.53. The highest BCUT2D eigenvalue weighted by Crippen LogP contribution is 2.22. The van der Waals surface area contributed by atoms with E-state index in [2.05, 4.69) is 53.0 Å². The predicted octanol–water partition coefficient (Wildman–Crippen LogP) is 2.43. The Labute approximate surface area is 154 Å². The number of amides is 1. The largest absolute Gasteiger partial charge is 0.347 e. The van der Waals surface area contributed by atoms with Gasteiger partial charge in [-0.25, -0.2) is 4.98 Å². The van der Waals surface area contributed by atoms with Crippen LogP contribution in [0.5, 0.6) is 0 Å². The van der Waals surface area contributed by atoms with Crippen LogP contribution in [0.15, 0.2) is 23.6 Å². The Hall–Kier alpha value is -1.92. The summed E-state index contributed by atoms with van der Waals surface area (Å²) in [5.41, 5.74) is 4.40. The molecule has 1 aromatic carbocycles. The standard InChI is InChI=1S/C19H28N4OS/c1-13-7-8-15(9-14(13)2)20-18-21-16(12-25-18)10-23(6)11-17(24)22-19(3,4)5/h7-9,12H,10-11H2,1-6H3,(H,20,21)(H,22,24)/p+1. The first-order chi connectivity index (χ1) is 11.6. The average molecular weight is 362 g/mol. The number of nitrogens with zero attached hydrogens (tertiary/aromatic N) is 1. The zero-order valence-electron chi connectivity index (χ0n) is 16.0. The van der Waals surface area contributed by atoms with E-state index in [0.717, 1.165) is 28.0 Å². The van der Waals surface area contributed by atoms with E-state index in [1.807, 2.05) is 27.8 Å². The fourth-order valence-electron chi connectivity index (χ4n) is 2.50. The summed E-state index contributed by atoms with van der Waals surface area (Å²) in [4.78, 5) is 17.8. The van der Waals surface area contributed by atoms with Crippen LogP contribution in [0.25, 0.3) is 0 Å². The minimum Gasteiger partial charge on any atom is -0.347 e. The summed E-state index contributed by atoms with van der Waals surface area (Å²) in [5, 5.41) is 9.28. The number of likely N-dealkylation sites (N-methyl/N-ethyl adjacent to an activating group) is 1. The van der Waals surface area contributed by atoms with E-state index < -0.39 is 0 Å². The van der Waals surface area contributed by atoms with E-state index in [1.54, 1.807) is 11.3 Å². The van der Waals surface area contributed by atoms with Gasteiger partial charge >= 0.3 is 0 Å². The Morgan fingerprint density at radius 3 is 2.60 bits per heavy atom. The Kier molecular flexibility index (Phi) is 6.19. The van der Waals surface area contributed by atoms with Gasteiger partial charge in [-0.05, 0) is 57.9 Å². The lowest BCUT2D eigenvalue weighted by Gasteiger charge is -2.21. The zero-order valence-corrected chi connectivity index (χ0v) is 16.8. The van der Waals surface area contributed by atoms with Crippen molar-refractivity contribution in [2.24, 2.45) is 0 Å². The number of hydrogen-bond donors (Lipinski definition) is 3. The van der Waals surface area contributed by atoms with Gasteiger partial charge < -0.3 is 15.5 Å². The van der Waals surface area contributed by atoms with Gasteiger partial charge in [-0.15, -0.1) is 11.3 Å². The number of quaternary nitrogens is 1. The predicted molar refractivity (Wildman–Crippen MR) is 105 cm³/mol. The molecule has 1 unspecified atom stereocenters. The lowest BCUT2D eigenvalue weighted by molar-refractivity contribution is -0.885. The summed E-state index contributed by atoms with van der Waals surface area (Å²) in [5.74, 6) is 0.0636. The molecule has 1 atom stereocenters. The molecule has 0 radical (unpaired) electrons. The number of anilines is 2. The SMILES string of the molecule is Cc1ccc(Nc2nc(C[NH+](C)CC(=O)NC(C)(C)C)cs2)cc1C. The summed E-state index contributed by atoms with van der Waals surface area (Å²) in [6.45, 7) is 11.4. The normalized spacial score (nSPS) is 12.7. The van der Waals surface area contributed by atoms with Crippen molar-refractivity contribution < 1.29 is 9.69 Å². The van der Waals surface area contributed by atoms with Crippen LogP contribution in [0, 0.1) is 13.8 Å². The molecule has 25 heavy (non-hydrogen) atoms. The highest BCUT2D eigenvalue weighted by molar-refractivity contribution is 7.13. The third-order valence-corrected chi connectivity index (χ3v) is 4.58. The molecule has 6 heteroatoms. The van der Waals surface area contributed by atoms with Crippen molar-refractivity contribution in [3.05, 3.63) is 40.4 Å². The van der Waals surface area contributed by atoms with Gasteiger partial charge in [-0.2, -0.15) is 0 Å². The molecule has 1 aromatic heterocycles. The van der Waals surface area contributed by atoms with E-state index >= 15 is 0 Å². The quantitative estimate of drug-likeness (QED) is 0.741. The van der Waals surface area contributed by atoms with Crippen molar-refractivity contribution in [2.45, 2.75) is 46.7 Å². The number of carbonyl (C=O) groups excluding carboxylic acids is 1. The number of aryl methyl sites for hydroxylation is 2. The second-order valence-electron chi connectivity index (χ2n) is 7.68. The first kappa shape index (κ1) is 19.4. The molecule has 2 rings (SSSR count). The molecule has 0 aliphatic heterocycles. The smallest absolute Gasteiger partial charge is 0.275 e. The Bertz CT molecular complexity index is 733. The van der Waals surface area contributed by atoms with Crippen LogP contribution in [-0.2, 0) is 11.3 Å². The molecule has 0 bridgehead atoms. The van der Waals surface area contributed by atoms with Gasteiger partial charge in [0.05, 0.1) is 7.05 Å². The number of hydrogen-bond acceptors (Lipinski definition) is 4. The topological polar surface area (TPSA) is 58.5 Å². The maximum atomic E-state index is 12.0. The van der Waals surface area contributed by atoms with Crippen LogP contribution in [0.1, 0.15) is 37.6 Å². The molecule has 0 saturated carbocycles. The van der Waals surface area contributed by atoms with Gasteiger partial charge in [-0.1, -0.05) is 6.07 Å². The van der Waals surface area contributed by atoms with E-state index in [9.17, 15) is 4.79 Å². The van der Waals surface area contributed by atoms with Gasteiger partial charge in [0.15, 0.2) is 11.7 Å². The van der Waals surface area contributed by atoms with Crippen molar-refractivity contribution in [2.75, 3.05) is 18.9 Å². The number of rotatable bonds is 6. The minimum absolute atomic E-state index is 0.0636. The van der Waals surface area contributed by atoms with Crippen LogP contribution in [0.4, 0.5) is 10.8 Å². The van der Waals surface area contributed by atoms with Crippen molar-refractivity contribution in [1.29, 1.82) is 0 Å². The van der Waals surface area contributed by atoms with E-state index in [-0.39, 0.29) is 11.4 Å². The maximum absolute atomic E-state index is 12.0. The Morgan fingerprint density at radius 1 is 1.24 bits per heavy atom. The molecule has 3 N–H and O–H groups in total. The molecular weight excluding hydrogens is 332 g/mol. The fraction of sp³-hybridized carbons (Fsp3) is 0.474. The monoisotopic (exact) mass is 361 g/mol. The molecular formula is C19H29N4OS+. The van der Waals surface area contributed by atoms with Gasteiger partial charge in [0.2, 0.25) is 0 Å². The molecule has 136 valence electrons. The molecule has 0 fully saturated rings. The molecule has 0 saturated heterocycles. The zero-order chi connectivity index (χ0) is 18.6. The van der Waals surface area contributed by atoms with Crippen LogP contribution in [0.2, 0.25) is 0 Å². The molecule has 0 spiro atoms. The highest BCUT2D eigenvalue weighted by Gasteiger charge is 2.18. The van der Waals surface area contributed by atoms with Crippen LogP contribution in [0.3, 0.4) is 0 Å². The van der Waals surface area contributed by atoms with Gasteiger partial charge in [0.25, 0.3) is 5.91 Å². The minimum atomic E-state index is -0.193. The number of thiazole rings is 1. The van der Waals surface area contributed by atoms with Crippen LogP contribution >= 0.6 is 11.3 Å². The molecule has 1 heterocycles. The number of benzene rings is 1. The fourth-order valence-corrected chi connectivity index (χ4v) is 3.23. The molecule has 5 nitrogen and oxygen atoms in total. The van der Waals surface area contributed by atoms with Crippen LogP contribution < -0.4 is 15.5 Å². The van der Waals surface area contributed by atoms with Gasteiger partial charge in [0, 0.05) is 16.6 Å². The van der Waals surface area contributed by atoms with Crippen molar-refractivity contribution in [3.8, 4) is 0 Å². The summed E-state index contributed by atoms with van der Waals surface area (Å²) >= 11 is 1.59. The number of carbonyl (C=O) groups is 1. The third-order valence-electron chi connectivity index (χ3n) is 3.77. The Morgan fingerprint density at radius 2 is 1.96 bits per heavy atom.